The molecule has 1 amide bonds. The minimum atomic E-state index is -4.33. The Morgan fingerprint density at radius 2 is 0.675 bits per heavy atom. The highest BCUT2D eigenvalue weighted by atomic mass is 31.2. The third kappa shape index (κ3) is 64.8. The molecule has 0 saturated heterocycles. The molecule has 8 nitrogen and oxygen atoms in total. The normalized spacial score (nSPS) is 13.6. The molecule has 0 aliphatic heterocycles. The Labute approximate surface area is 501 Å². The lowest BCUT2D eigenvalue weighted by Gasteiger charge is -2.26. The standard InChI is InChI=1S/C71H143N2O6P/c1-6-8-10-12-14-16-18-20-22-24-26-28-30-31-32-33-34-35-36-37-38-39-40-41-43-45-47-49-51-53-55-57-59-61-63-65-71(75)72-69(68-79-80(76,77)78-67-66-73(3,4)5)70(74)64-62-60-58-56-54-52-50-48-46-44-42-29-27-25-23-21-19-17-15-13-11-9-7-2/h33-34,69-70,74H,6-32,35-68H2,1-5H3,(H-,72,75,76,77)/p+1/b34-33-. The molecule has 0 aromatic rings. The van der Waals surface area contributed by atoms with E-state index in [0.29, 0.717) is 23.9 Å². The van der Waals surface area contributed by atoms with Gasteiger partial charge >= 0.3 is 7.82 Å². The zero-order chi connectivity index (χ0) is 58.4. The third-order valence-corrected chi connectivity index (χ3v) is 18.0. The molecular formula is C71H144N2O6P+. The van der Waals surface area contributed by atoms with Gasteiger partial charge in [0.05, 0.1) is 39.9 Å². The summed E-state index contributed by atoms with van der Waals surface area (Å²) in [4.78, 5) is 23.5. The van der Waals surface area contributed by atoms with Crippen molar-refractivity contribution < 1.29 is 32.9 Å². The van der Waals surface area contributed by atoms with Crippen LogP contribution in [0.15, 0.2) is 12.2 Å². The zero-order valence-corrected chi connectivity index (χ0v) is 55.8. The second kappa shape index (κ2) is 62.8. The summed E-state index contributed by atoms with van der Waals surface area (Å²) in [5, 5.41) is 14.2. The first-order chi connectivity index (χ1) is 39.0. The molecule has 3 atom stereocenters. The van der Waals surface area contributed by atoms with Crippen molar-refractivity contribution in [3.63, 3.8) is 0 Å². The number of hydrogen-bond donors (Lipinski definition) is 3. The van der Waals surface area contributed by atoms with E-state index in [-0.39, 0.29) is 19.1 Å². The van der Waals surface area contributed by atoms with Crippen molar-refractivity contribution in [1.29, 1.82) is 0 Å². The molecule has 3 N–H and O–H groups in total. The lowest BCUT2D eigenvalue weighted by atomic mass is 10.0. The molecule has 0 rings (SSSR count). The number of nitrogens with one attached hydrogen (secondary N) is 1. The van der Waals surface area contributed by atoms with E-state index in [4.69, 9.17) is 9.05 Å². The number of carbonyl (C=O) groups excluding carboxylic acids is 1. The number of likely N-dealkylation sites (N-methyl/N-ethyl adjacent to an activating group) is 1. The van der Waals surface area contributed by atoms with Crippen molar-refractivity contribution in [2.75, 3.05) is 40.9 Å². The van der Waals surface area contributed by atoms with Crippen LogP contribution in [0.1, 0.15) is 386 Å². The number of amides is 1. The van der Waals surface area contributed by atoms with Gasteiger partial charge in [-0.3, -0.25) is 13.8 Å². The van der Waals surface area contributed by atoms with Crippen LogP contribution in [0.5, 0.6) is 0 Å². The number of quaternary nitrogens is 1. The van der Waals surface area contributed by atoms with Crippen LogP contribution in [0, 0.1) is 0 Å². The highest BCUT2D eigenvalue weighted by Gasteiger charge is 2.28. The van der Waals surface area contributed by atoms with E-state index in [1.807, 2.05) is 21.1 Å². The highest BCUT2D eigenvalue weighted by Crippen LogP contribution is 2.43. The summed E-state index contributed by atoms with van der Waals surface area (Å²) in [5.41, 5.74) is 0. The molecule has 80 heavy (non-hydrogen) atoms. The number of phosphoric ester groups is 1. The predicted molar refractivity (Wildman–Crippen MR) is 351 cm³/mol. The molecule has 0 saturated carbocycles. The van der Waals surface area contributed by atoms with Crippen LogP contribution in [0.25, 0.3) is 0 Å². The SMILES string of the molecule is CCCCCCCCCCCCCCCC/C=C\CCCCCCCCCCCCCCCCCCCC(=O)NC(COP(=O)(O)OCC[N+](C)(C)C)C(O)CCCCCCCCCCCCCCCCCCCCCCCCC. The Kier molecular flexibility index (Phi) is 62.2. The van der Waals surface area contributed by atoms with E-state index in [2.05, 4.69) is 31.3 Å². The minimum absolute atomic E-state index is 0.0782. The van der Waals surface area contributed by atoms with E-state index >= 15 is 0 Å². The summed E-state index contributed by atoms with van der Waals surface area (Å²) < 4.78 is 23.9. The zero-order valence-electron chi connectivity index (χ0n) is 54.9. The van der Waals surface area contributed by atoms with Crippen molar-refractivity contribution in [3.05, 3.63) is 12.2 Å². The van der Waals surface area contributed by atoms with Crippen molar-refractivity contribution in [3.8, 4) is 0 Å². The van der Waals surface area contributed by atoms with Crippen molar-refractivity contribution in [1.82, 2.24) is 5.32 Å². The molecule has 3 unspecified atom stereocenters. The maximum atomic E-state index is 13.1. The molecule has 0 heterocycles. The van der Waals surface area contributed by atoms with Crippen molar-refractivity contribution in [2.45, 2.75) is 398 Å². The first-order valence-electron chi connectivity index (χ1n) is 36.1. The van der Waals surface area contributed by atoms with Crippen molar-refractivity contribution in [2.24, 2.45) is 0 Å². The molecule has 478 valence electrons. The number of unbranched alkanes of at least 4 members (excludes halogenated alkanes) is 53. The Bertz CT molecular complexity index is 1310. The largest absolute Gasteiger partial charge is 0.472 e. The lowest BCUT2D eigenvalue weighted by molar-refractivity contribution is -0.870. The number of phosphoric acid groups is 1. The van der Waals surface area contributed by atoms with E-state index in [0.717, 1.165) is 38.5 Å². The maximum absolute atomic E-state index is 13.1. The summed E-state index contributed by atoms with van der Waals surface area (Å²) in [6.45, 7) is 4.96. The third-order valence-electron chi connectivity index (χ3n) is 17.0. The van der Waals surface area contributed by atoms with Crippen molar-refractivity contribution >= 4 is 13.7 Å². The Hall–Kier alpha value is -0.760. The van der Waals surface area contributed by atoms with Gasteiger partial charge in [0.1, 0.15) is 13.2 Å². The van der Waals surface area contributed by atoms with Gasteiger partial charge < -0.3 is 19.8 Å². The van der Waals surface area contributed by atoms with Gasteiger partial charge in [-0.2, -0.15) is 0 Å². The van der Waals surface area contributed by atoms with E-state index in [9.17, 15) is 19.4 Å². The molecule has 0 bridgehead atoms. The smallest absolute Gasteiger partial charge is 0.391 e. The van der Waals surface area contributed by atoms with Crippen LogP contribution >= 0.6 is 7.82 Å². The molecule has 0 fully saturated rings. The first kappa shape index (κ1) is 79.2. The van der Waals surface area contributed by atoms with E-state index < -0.39 is 20.0 Å². The maximum Gasteiger partial charge on any atom is 0.472 e. The number of aliphatic hydroxyl groups is 1. The number of aliphatic hydroxyl groups excluding tert-OH is 1. The number of carbonyl (C=O) groups is 1. The fourth-order valence-corrected chi connectivity index (χ4v) is 12.1. The molecular weight excluding hydrogens is 1010 g/mol. The summed E-state index contributed by atoms with van der Waals surface area (Å²) in [5.74, 6) is -0.135. The second-order valence-electron chi connectivity index (χ2n) is 26.3. The number of allylic oxidation sites excluding steroid dienone is 2. The van der Waals surface area contributed by atoms with Crippen LogP contribution in [0.2, 0.25) is 0 Å². The van der Waals surface area contributed by atoms with Crippen LogP contribution < -0.4 is 5.32 Å². The predicted octanol–water partition coefficient (Wildman–Crippen LogP) is 22.9. The quantitative estimate of drug-likeness (QED) is 0.0243. The van der Waals surface area contributed by atoms with Gasteiger partial charge in [-0.05, 0) is 38.5 Å². The molecule has 0 radical (unpaired) electrons. The molecule has 9 heteroatoms. The molecule has 0 aliphatic rings. The van der Waals surface area contributed by atoms with Gasteiger partial charge in [0, 0.05) is 6.42 Å². The van der Waals surface area contributed by atoms with E-state index in [1.165, 1.54) is 321 Å². The van der Waals surface area contributed by atoms with Crippen LogP contribution in [-0.4, -0.2) is 73.4 Å². The molecule has 0 aliphatic carbocycles. The monoisotopic (exact) mass is 1150 g/mol. The minimum Gasteiger partial charge on any atom is -0.391 e. The van der Waals surface area contributed by atoms with Crippen LogP contribution in [0.4, 0.5) is 0 Å². The lowest BCUT2D eigenvalue weighted by Crippen LogP contribution is -2.46. The van der Waals surface area contributed by atoms with Crippen LogP contribution in [-0.2, 0) is 18.4 Å². The average Bonchev–Trinajstić information content (AvgIpc) is 3.42. The molecule has 0 aromatic heterocycles. The topological polar surface area (TPSA) is 105 Å². The fraction of sp³-hybridized carbons (Fsp3) is 0.958. The summed E-state index contributed by atoms with van der Waals surface area (Å²) >= 11 is 0. The van der Waals surface area contributed by atoms with Gasteiger partial charge in [0.15, 0.2) is 0 Å². The average molecular weight is 1150 g/mol. The number of nitrogens with zero attached hydrogens (tertiary/aromatic N) is 1. The number of rotatable bonds is 68. The Morgan fingerprint density at radius 1 is 0.412 bits per heavy atom. The summed E-state index contributed by atoms with van der Waals surface area (Å²) in [6.07, 6.45) is 80.4. The highest BCUT2D eigenvalue weighted by molar-refractivity contribution is 7.47. The Morgan fingerprint density at radius 3 is 0.963 bits per heavy atom. The van der Waals surface area contributed by atoms with Gasteiger partial charge in [0.2, 0.25) is 5.91 Å². The summed E-state index contributed by atoms with van der Waals surface area (Å²) in [6, 6.07) is -0.759. The van der Waals surface area contributed by atoms with Crippen LogP contribution in [0.3, 0.4) is 0 Å². The molecule has 0 spiro atoms. The van der Waals surface area contributed by atoms with Gasteiger partial charge in [-0.15, -0.1) is 0 Å². The second-order valence-corrected chi connectivity index (χ2v) is 27.8. The fourth-order valence-electron chi connectivity index (χ4n) is 11.4. The first-order valence-corrected chi connectivity index (χ1v) is 37.5. The van der Waals surface area contributed by atoms with Gasteiger partial charge in [-0.1, -0.05) is 353 Å². The molecule has 0 aromatic carbocycles. The van der Waals surface area contributed by atoms with E-state index in [1.54, 1.807) is 0 Å². The summed E-state index contributed by atoms with van der Waals surface area (Å²) in [7, 11) is 1.64. The number of hydrogen-bond acceptors (Lipinski definition) is 5. The van der Waals surface area contributed by atoms with Gasteiger partial charge in [0.25, 0.3) is 0 Å². The van der Waals surface area contributed by atoms with Gasteiger partial charge in [-0.25, -0.2) is 4.57 Å². The Balaban J connectivity index is 3.95.